The van der Waals surface area contributed by atoms with E-state index >= 15 is 0 Å². The van der Waals surface area contributed by atoms with E-state index in [0.29, 0.717) is 32.7 Å². The van der Waals surface area contributed by atoms with Crippen molar-refractivity contribution >= 4 is 11.6 Å². The Balaban J connectivity index is 1.60. The highest BCUT2D eigenvalue weighted by molar-refractivity contribution is 5.86. The van der Waals surface area contributed by atoms with Crippen LogP contribution in [0.4, 0.5) is 5.69 Å². The molecule has 2 saturated heterocycles. The van der Waals surface area contributed by atoms with Gasteiger partial charge in [-0.3, -0.25) is 14.7 Å². The average Bonchev–Trinajstić information content (AvgIpc) is 2.89. The molecule has 1 amide bonds. The van der Waals surface area contributed by atoms with Crippen LogP contribution in [0.3, 0.4) is 0 Å². The Morgan fingerprint density at radius 1 is 1.22 bits per heavy atom. The van der Waals surface area contributed by atoms with E-state index < -0.39 is 5.60 Å². The Morgan fingerprint density at radius 2 is 2.07 bits per heavy atom. The van der Waals surface area contributed by atoms with Gasteiger partial charge in [0.2, 0.25) is 0 Å². The monoisotopic (exact) mass is 376 g/mol. The second kappa shape index (κ2) is 8.99. The van der Waals surface area contributed by atoms with Crippen molar-refractivity contribution in [3.05, 3.63) is 24.0 Å². The predicted octanol–water partition coefficient (Wildman–Crippen LogP) is 0.902. The number of carbonyl (C=O) groups excluding carboxylic acids is 1. The Morgan fingerprint density at radius 3 is 2.85 bits per heavy atom. The molecule has 2 aliphatic rings. The summed E-state index contributed by atoms with van der Waals surface area (Å²) in [5.41, 5.74) is 1.14. The molecule has 1 N–H and O–H groups in total. The molecule has 7 nitrogen and oxygen atoms in total. The summed E-state index contributed by atoms with van der Waals surface area (Å²) in [6.07, 6.45) is 6.12. The number of amides is 1. The molecule has 1 aromatic heterocycles. The number of β-amino-alcohol motifs (C(OH)–C–C–N with tert-alkyl or cyclic N) is 1. The van der Waals surface area contributed by atoms with E-state index in [1.54, 1.807) is 12.0 Å². The van der Waals surface area contributed by atoms with Crippen LogP contribution in [0.1, 0.15) is 24.8 Å². The van der Waals surface area contributed by atoms with E-state index in [9.17, 15) is 9.90 Å². The zero-order valence-electron chi connectivity index (χ0n) is 16.6. The first-order valence-corrected chi connectivity index (χ1v) is 9.92. The lowest BCUT2D eigenvalue weighted by atomic mass is 9.91. The summed E-state index contributed by atoms with van der Waals surface area (Å²) in [7, 11) is 1.63. The molecule has 0 bridgehead atoms. The third kappa shape index (κ3) is 4.78. The number of aliphatic hydroxyl groups is 1. The minimum atomic E-state index is -1.27. The number of hydrogen-bond donors (Lipinski definition) is 1. The zero-order chi connectivity index (χ0) is 19.3. The van der Waals surface area contributed by atoms with Crippen LogP contribution in [0.25, 0.3) is 0 Å². The standard InChI is InChI=1S/C20H32N4O3/c1-17-15-21-7-5-18(17)23-10-4-8-22(11-12-23)16-20(26)6-3-9-24(19(20)25)13-14-27-2/h5,7,15,26H,3-4,6,8-14,16H2,1-2H3/t20-/m1/s1. The first kappa shape index (κ1) is 20.0. The number of hydrogen-bond acceptors (Lipinski definition) is 6. The summed E-state index contributed by atoms with van der Waals surface area (Å²) >= 11 is 0. The molecule has 27 heavy (non-hydrogen) atoms. The molecule has 1 atom stereocenters. The molecule has 3 rings (SSSR count). The van der Waals surface area contributed by atoms with Gasteiger partial charge in [-0.2, -0.15) is 0 Å². The van der Waals surface area contributed by atoms with Crippen molar-refractivity contribution in [1.29, 1.82) is 0 Å². The van der Waals surface area contributed by atoms with Crippen LogP contribution in [-0.4, -0.2) is 90.9 Å². The number of likely N-dealkylation sites (tertiary alicyclic amines) is 1. The summed E-state index contributed by atoms with van der Waals surface area (Å²) in [6.45, 7) is 7.87. The van der Waals surface area contributed by atoms with Crippen LogP contribution in [0.2, 0.25) is 0 Å². The smallest absolute Gasteiger partial charge is 0.255 e. The summed E-state index contributed by atoms with van der Waals surface area (Å²) in [5, 5.41) is 11.1. The summed E-state index contributed by atoms with van der Waals surface area (Å²) in [4.78, 5) is 23.4. The fraction of sp³-hybridized carbons (Fsp3) is 0.700. The lowest BCUT2D eigenvalue weighted by molar-refractivity contribution is -0.160. The quantitative estimate of drug-likeness (QED) is 0.796. The number of aromatic nitrogens is 1. The van der Waals surface area contributed by atoms with Gasteiger partial charge in [-0.05, 0) is 37.8 Å². The van der Waals surface area contributed by atoms with Gasteiger partial charge in [-0.1, -0.05) is 0 Å². The highest BCUT2D eigenvalue weighted by Crippen LogP contribution is 2.25. The number of aryl methyl sites for hydroxylation is 1. The fourth-order valence-electron chi connectivity index (χ4n) is 4.19. The van der Waals surface area contributed by atoms with Crippen LogP contribution < -0.4 is 4.90 Å². The number of anilines is 1. The molecule has 7 heteroatoms. The predicted molar refractivity (Wildman–Crippen MR) is 105 cm³/mol. The Hall–Kier alpha value is -1.70. The van der Waals surface area contributed by atoms with Crippen molar-refractivity contribution < 1.29 is 14.6 Å². The Labute approximate surface area is 161 Å². The molecule has 2 aliphatic heterocycles. The largest absolute Gasteiger partial charge is 0.383 e. The average molecular weight is 377 g/mol. The van der Waals surface area contributed by atoms with E-state index in [1.165, 1.54) is 11.3 Å². The molecule has 0 aromatic carbocycles. The fourth-order valence-corrected chi connectivity index (χ4v) is 4.19. The first-order chi connectivity index (χ1) is 13.0. The highest BCUT2D eigenvalue weighted by Gasteiger charge is 2.43. The number of piperidine rings is 1. The van der Waals surface area contributed by atoms with Gasteiger partial charge in [0.15, 0.2) is 5.60 Å². The van der Waals surface area contributed by atoms with Crippen LogP contribution in [-0.2, 0) is 9.53 Å². The van der Waals surface area contributed by atoms with E-state index in [0.717, 1.165) is 39.0 Å². The number of carbonyl (C=O) groups is 1. The summed E-state index contributed by atoms with van der Waals surface area (Å²) in [6, 6.07) is 2.07. The Kier molecular flexibility index (Phi) is 6.68. The number of nitrogens with zero attached hydrogens (tertiary/aromatic N) is 4. The maximum atomic E-state index is 12.8. The van der Waals surface area contributed by atoms with Gasteiger partial charge in [0.1, 0.15) is 0 Å². The van der Waals surface area contributed by atoms with E-state index in [2.05, 4.69) is 27.8 Å². The number of pyridine rings is 1. The minimum Gasteiger partial charge on any atom is -0.383 e. The van der Waals surface area contributed by atoms with Gasteiger partial charge in [0.05, 0.1) is 6.61 Å². The van der Waals surface area contributed by atoms with Gasteiger partial charge >= 0.3 is 0 Å². The molecule has 0 saturated carbocycles. The highest BCUT2D eigenvalue weighted by atomic mass is 16.5. The van der Waals surface area contributed by atoms with Gasteiger partial charge < -0.3 is 19.6 Å². The van der Waals surface area contributed by atoms with Crippen molar-refractivity contribution in [3.63, 3.8) is 0 Å². The third-order valence-corrected chi connectivity index (χ3v) is 5.67. The maximum absolute atomic E-state index is 12.8. The number of rotatable bonds is 6. The zero-order valence-corrected chi connectivity index (χ0v) is 16.6. The molecule has 0 aliphatic carbocycles. The van der Waals surface area contributed by atoms with Gasteiger partial charge in [0.25, 0.3) is 5.91 Å². The molecular formula is C20H32N4O3. The molecule has 2 fully saturated rings. The van der Waals surface area contributed by atoms with Crippen LogP contribution in [0.15, 0.2) is 18.5 Å². The van der Waals surface area contributed by atoms with Crippen molar-refractivity contribution in [1.82, 2.24) is 14.8 Å². The molecule has 1 aromatic rings. The van der Waals surface area contributed by atoms with Gasteiger partial charge in [-0.25, -0.2) is 0 Å². The minimum absolute atomic E-state index is 0.142. The lowest BCUT2D eigenvalue weighted by Gasteiger charge is -2.40. The van der Waals surface area contributed by atoms with E-state index in [1.807, 2.05) is 12.4 Å². The first-order valence-electron chi connectivity index (χ1n) is 9.92. The molecule has 3 heterocycles. The third-order valence-electron chi connectivity index (χ3n) is 5.67. The summed E-state index contributed by atoms with van der Waals surface area (Å²) < 4.78 is 5.10. The van der Waals surface area contributed by atoms with Crippen molar-refractivity contribution in [3.8, 4) is 0 Å². The van der Waals surface area contributed by atoms with Crippen LogP contribution in [0.5, 0.6) is 0 Å². The van der Waals surface area contributed by atoms with Crippen molar-refractivity contribution in [2.45, 2.75) is 31.8 Å². The van der Waals surface area contributed by atoms with Gasteiger partial charge in [-0.15, -0.1) is 0 Å². The lowest BCUT2D eigenvalue weighted by Crippen LogP contribution is -2.59. The Bertz CT molecular complexity index is 641. The van der Waals surface area contributed by atoms with Crippen LogP contribution >= 0.6 is 0 Å². The number of methoxy groups -OCH3 is 1. The summed E-state index contributed by atoms with van der Waals surface area (Å²) in [5.74, 6) is -0.142. The van der Waals surface area contributed by atoms with E-state index in [4.69, 9.17) is 4.74 Å². The van der Waals surface area contributed by atoms with E-state index in [-0.39, 0.29) is 5.91 Å². The molecule has 150 valence electrons. The molecule has 0 spiro atoms. The van der Waals surface area contributed by atoms with Gasteiger partial charge in [0, 0.05) is 71.0 Å². The maximum Gasteiger partial charge on any atom is 0.255 e. The second-order valence-corrected chi connectivity index (χ2v) is 7.70. The molecule has 0 unspecified atom stereocenters. The number of ether oxygens (including phenoxy) is 1. The molecular weight excluding hydrogens is 344 g/mol. The van der Waals surface area contributed by atoms with Crippen molar-refractivity contribution in [2.75, 3.05) is 64.4 Å². The second-order valence-electron chi connectivity index (χ2n) is 7.70. The van der Waals surface area contributed by atoms with Crippen molar-refractivity contribution in [2.24, 2.45) is 0 Å². The molecule has 0 radical (unpaired) electrons. The topological polar surface area (TPSA) is 69.1 Å². The SMILES string of the molecule is COCCN1CCC[C@@](O)(CN2CCCN(c3ccncc3C)CC2)C1=O. The van der Waals surface area contributed by atoms with Crippen LogP contribution in [0, 0.1) is 6.92 Å². The normalized spacial score (nSPS) is 24.9.